The van der Waals surface area contributed by atoms with Crippen LogP contribution in [0.1, 0.15) is 25.0 Å². The average molecular weight is 755 g/mol. The van der Waals surface area contributed by atoms with Crippen LogP contribution < -0.4 is 4.90 Å². The van der Waals surface area contributed by atoms with Crippen molar-refractivity contribution in [3.8, 4) is 50.2 Å². The van der Waals surface area contributed by atoms with Gasteiger partial charge in [0.1, 0.15) is 0 Å². The lowest BCUT2D eigenvalue weighted by atomic mass is 9.82. The molecule has 0 unspecified atom stereocenters. The molecule has 0 radical (unpaired) electrons. The van der Waals surface area contributed by atoms with E-state index in [0.29, 0.717) is 0 Å². The van der Waals surface area contributed by atoms with Crippen LogP contribution in [0, 0.1) is 0 Å². The van der Waals surface area contributed by atoms with Crippen LogP contribution in [0.2, 0.25) is 0 Å². The highest BCUT2D eigenvalue weighted by Gasteiger charge is 2.35. The number of nitrogens with zero attached hydrogens (tertiary/aromatic N) is 2. The molecule has 0 amide bonds. The first-order valence-corrected chi connectivity index (χ1v) is 20.5. The van der Waals surface area contributed by atoms with Gasteiger partial charge in [-0.25, -0.2) is 0 Å². The molecule has 0 saturated carbocycles. The molecule has 0 bridgehead atoms. The molecule has 0 spiro atoms. The number of benzene rings is 9. The fourth-order valence-electron chi connectivity index (χ4n) is 9.38. The maximum atomic E-state index is 2.41. The largest absolute Gasteiger partial charge is 0.310 e. The van der Waals surface area contributed by atoms with Crippen LogP contribution in [0.3, 0.4) is 0 Å². The molecule has 0 atom stereocenters. The van der Waals surface area contributed by atoms with Crippen molar-refractivity contribution in [3.05, 3.63) is 230 Å². The van der Waals surface area contributed by atoms with E-state index in [1.165, 1.54) is 77.4 Å². The second kappa shape index (κ2) is 13.9. The molecule has 0 saturated heterocycles. The Labute approximate surface area is 345 Å². The zero-order valence-electron chi connectivity index (χ0n) is 33.2. The average Bonchev–Trinajstić information content (AvgIpc) is 3.75. The lowest BCUT2D eigenvalue weighted by Crippen LogP contribution is -2.16. The Morgan fingerprint density at radius 2 is 0.763 bits per heavy atom. The van der Waals surface area contributed by atoms with Gasteiger partial charge in [-0.15, -0.1) is 0 Å². The molecule has 0 fully saturated rings. The van der Waals surface area contributed by atoms with Gasteiger partial charge in [0.15, 0.2) is 0 Å². The number of rotatable bonds is 7. The predicted octanol–water partition coefficient (Wildman–Crippen LogP) is 15.6. The molecule has 1 heterocycles. The summed E-state index contributed by atoms with van der Waals surface area (Å²) >= 11 is 0. The van der Waals surface area contributed by atoms with E-state index in [4.69, 9.17) is 0 Å². The lowest BCUT2D eigenvalue weighted by molar-refractivity contribution is 0.660. The Bertz CT molecular complexity index is 3140. The maximum Gasteiger partial charge on any atom is 0.0541 e. The molecule has 0 N–H and O–H groups in total. The van der Waals surface area contributed by atoms with Gasteiger partial charge in [0.2, 0.25) is 0 Å². The van der Waals surface area contributed by atoms with Gasteiger partial charge in [-0.2, -0.15) is 0 Å². The number of fused-ring (bicyclic) bond motifs is 6. The van der Waals surface area contributed by atoms with E-state index in [9.17, 15) is 0 Å². The monoisotopic (exact) mass is 754 g/mol. The first kappa shape index (κ1) is 34.8. The highest BCUT2D eigenvalue weighted by atomic mass is 15.1. The Hall–Kier alpha value is -7.42. The van der Waals surface area contributed by atoms with Gasteiger partial charge in [-0.05, 0) is 128 Å². The normalized spacial score (nSPS) is 12.7. The minimum absolute atomic E-state index is 0.0984. The molecule has 1 aliphatic rings. The van der Waals surface area contributed by atoms with Crippen LogP contribution in [0.25, 0.3) is 72.0 Å². The first-order valence-electron chi connectivity index (χ1n) is 20.5. The van der Waals surface area contributed by atoms with Crippen LogP contribution in [-0.2, 0) is 5.41 Å². The summed E-state index contributed by atoms with van der Waals surface area (Å²) in [6, 6.07) is 79.8. The molecule has 59 heavy (non-hydrogen) atoms. The lowest BCUT2D eigenvalue weighted by Gasteiger charge is -2.28. The van der Waals surface area contributed by atoms with Crippen LogP contribution in [0.5, 0.6) is 0 Å². The fraction of sp³-hybridized carbons (Fsp3) is 0.0526. The number of anilines is 3. The van der Waals surface area contributed by atoms with Crippen LogP contribution in [0.4, 0.5) is 17.1 Å². The quantitative estimate of drug-likeness (QED) is 0.157. The zero-order valence-corrected chi connectivity index (χ0v) is 33.2. The highest BCUT2D eigenvalue weighted by molar-refractivity contribution is 6.11. The van der Waals surface area contributed by atoms with E-state index in [1.807, 2.05) is 0 Å². The Balaban J connectivity index is 1.02. The molecule has 0 aliphatic heterocycles. The van der Waals surface area contributed by atoms with Gasteiger partial charge in [0, 0.05) is 38.9 Å². The maximum absolute atomic E-state index is 2.41. The summed E-state index contributed by atoms with van der Waals surface area (Å²) in [6.07, 6.45) is 0. The molecule has 1 aromatic heterocycles. The van der Waals surface area contributed by atoms with E-state index < -0.39 is 0 Å². The predicted molar refractivity (Wildman–Crippen MR) is 249 cm³/mol. The third-order valence-electron chi connectivity index (χ3n) is 12.4. The summed E-state index contributed by atoms with van der Waals surface area (Å²) in [7, 11) is 0. The number of hydrogen-bond donors (Lipinski definition) is 0. The van der Waals surface area contributed by atoms with Crippen LogP contribution in [-0.4, -0.2) is 4.57 Å². The Morgan fingerprint density at radius 3 is 1.34 bits per heavy atom. The molecule has 10 aromatic rings. The highest BCUT2D eigenvalue weighted by Crippen LogP contribution is 2.51. The van der Waals surface area contributed by atoms with E-state index in [1.54, 1.807) is 0 Å². The van der Waals surface area contributed by atoms with Gasteiger partial charge in [-0.1, -0.05) is 159 Å². The number of hydrogen-bond acceptors (Lipinski definition) is 1. The number of aromatic nitrogens is 1. The SMILES string of the molecule is CC1(C)c2ccccc2-c2ccc(N(c3ccc(-c4ccccc4)cc3)c3ccc(-c4ccc5c(c4)c4cc(-c6ccccc6)ccc4n5-c4ccccc4)cc3)cc21. The molecule has 9 aromatic carbocycles. The summed E-state index contributed by atoms with van der Waals surface area (Å²) in [5.41, 5.74) is 19.5. The summed E-state index contributed by atoms with van der Waals surface area (Å²) in [6.45, 7) is 4.71. The third-order valence-corrected chi connectivity index (χ3v) is 12.4. The van der Waals surface area contributed by atoms with Crippen molar-refractivity contribution in [3.63, 3.8) is 0 Å². The molecule has 2 nitrogen and oxygen atoms in total. The van der Waals surface area contributed by atoms with Crippen LogP contribution >= 0.6 is 0 Å². The van der Waals surface area contributed by atoms with Gasteiger partial charge in [-0.3, -0.25) is 0 Å². The van der Waals surface area contributed by atoms with Crippen molar-refractivity contribution in [2.24, 2.45) is 0 Å². The molecule has 11 rings (SSSR count). The topological polar surface area (TPSA) is 8.17 Å². The van der Waals surface area contributed by atoms with Crippen molar-refractivity contribution in [2.45, 2.75) is 19.3 Å². The van der Waals surface area contributed by atoms with Gasteiger partial charge < -0.3 is 9.47 Å². The van der Waals surface area contributed by atoms with Gasteiger partial charge in [0.25, 0.3) is 0 Å². The van der Waals surface area contributed by atoms with Gasteiger partial charge in [0.05, 0.1) is 11.0 Å². The minimum atomic E-state index is -0.0984. The van der Waals surface area contributed by atoms with Crippen molar-refractivity contribution < 1.29 is 0 Å². The summed E-state index contributed by atoms with van der Waals surface area (Å²) < 4.78 is 2.39. The Kier molecular flexibility index (Phi) is 8.20. The van der Waals surface area contributed by atoms with Crippen molar-refractivity contribution in [1.82, 2.24) is 4.57 Å². The van der Waals surface area contributed by atoms with Crippen molar-refractivity contribution in [1.29, 1.82) is 0 Å². The standard InChI is InChI=1S/C57H42N2/c1-57(2)53-21-13-12-20-49(53)50-33-32-48(38-54(50)57)58(46-28-22-41(23-29-46)39-14-6-3-7-15-39)47-30-24-42(25-31-47)44-27-35-56-52(37-44)51-36-43(40-16-8-4-9-17-40)26-34-55(51)59(56)45-18-10-5-11-19-45/h3-38H,1-2H3. The molecular weight excluding hydrogens is 713 g/mol. The second-order valence-corrected chi connectivity index (χ2v) is 16.2. The summed E-state index contributed by atoms with van der Waals surface area (Å²) in [4.78, 5) is 2.40. The summed E-state index contributed by atoms with van der Waals surface area (Å²) in [5, 5.41) is 2.49. The van der Waals surface area contributed by atoms with Crippen molar-refractivity contribution in [2.75, 3.05) is 4.90 Å². The summed E-state index contributed by atoms with van der Waals surface area (Å²) in [5.74, 6) is 0. The van der Waals surface area contributed by atoms with E-state index in [0.717, 1.165) is 22.7 Å². The van der Waals surface area contributed by atoms with E-state index in [2.05, 4.69) is 242 Å². The third kappa shape index (κ3) is 5.87. The van der Waals surface area contributed by atoms with Crippen molar-refractivity contribution >= 4 is 38.9 Å². The second-order valence-electron chi connectivity index (χ2n) is 16.2. The zero-order chi connectivity index (χ0) is 39.5. The van der Waals surface area contributed by atoms with Gasteiger partial charge >= 0.3 is 0 Å². The van der Waals surface area contributed by atoms with E-state index >= 15 is 0 Å². The molecular formula is C57H42N2. The smallest absolute Gasteiger partial charge is 0.0541 e. The fourth-order valence-corrected chi connectivity index (χ4v) is 9.38. The first-order chi connectivity index (χ1) is 29.0. The van der Waals surface area contributed by atoms with E-state index in [-0.39, 0.29) is 5.41 Å². The number of para-hydroxylation sites is 1. The van der Waals surface area contributed by atoms with Crippen LogP contribution in [0.15, 0.2) is 218 Å². The molecule has 1 aliphatic carbocycles. The molecule has 280 valence electrons. The molecule has 2 heteroatoms. The Morgan fingerprint density at radius 1 is 0.339 bits per heavy atom. The minimum Gasteiger partial charge on any atom is -0.310 e.